The molecule has 1 aliphatic carbocycles. The highest BCUT2D eigenvalue weighted by atomic mass is 35.5. The first-order valence-electron chi connectivity index (χ1n) is 11.0. The van der Waals surface area contributed by atoms with Gasteiger partial charge in [0.25, 0.3) is 0 Å². The number of hydrogen-bond acceptors (Lipinski definition) is 5. The van der Waals surface area contributed by atoms with Crippen LogP contribution in [0.2, 0.25) is 5.02 Å². The van der Waals surface area contributed by atoms with Crippen LogP contribution in [-0.4, -0.2) is 30.3 Å². The van der Waals surface area contributed by atoms with E-state index >= 15 is 0 Å². The van der Waals surface area contributed by atoms with Gasteiger partial charge in [0.05, 0.1) is 6.61 Å². The van der Waals surface area contributed by atoms with Crippen LogP contribution >= 0.6 is 11.6 Å². The summed E-state index contributed by atoms with van der Waals surface area (Å²) in [7, 11) is 0. The molecule has 0 heterocycles. The maximum Gasteiger partial charge on any atom is 0.347 e. The molecular weight excluding hydrogens is 414 g/mol. The van der Waals surface area contributed by atoms with E-state index in [1.165, 1.54) is 5.56 Å². The molecule has 31 heavy (non-hydrogen) atoms. The molecular formula is C25H32ClNO4. The number of rotatable bonds is 9. The Balaban J connectivity index is 1.82. The highest BCUT2D eigenvalue weighted by molar-refractivity contribution is 6.30. The van der Waals surface area contributed by atoms with Crippen molar-refractivity contribution in [1.82, 2.24) is 0 Å². The van der Waals surface area contributed by atoms with Crippen molar-refractivity contribution in [3.8, 4) is 5.75 Å². The van der Waals surface area contributed by atoms with Crippen molar-refractivity contribution in [2.75, 3.05) is 13.2 Å². The van der Waals surface area contributed by atoms with Crippen LogP contribution in [0.1, 0.15) is 49.8 Å². The number of esters is 1. The Kier molecular flexibility index (Phi) is 7.98. The van der Waals surface area contributed by atoms with Gasteiger partial charge in [0, 0.05) is 11.6 Å². The SMILES string of the molecule is CCCC(Oc1ccc2c(c1)CC(C(O)(CN)c1cccc(Cl)c1)CC2)C(=O)OCC. The van der Waals surface area contributed by atoms with Gasteiger partial charge in [-0.05, 0) is 79.5 Å². The van der Waals surface area contributed by atoms with E-state index in [9.17, 15) is 9.90 Å². The average molecular weight is 446 g/mol. The van der Waals surface area contributed by atoms with Crippen molar-refractivity contribution < 1.29 is 19.4 Å². The molecule has 0 spiro atoms. The molecule has 2 aromatic carbocycles. The van der Waals surface area contributed by atoms with Crippen molar-refractivity contribution in [2.24, 2.45) is 11.7 Å². The molecule has 3 atom stereocenters. The summed E-state index contributed by atoms with van der Waals surface area (Å²) in [5, 5.41) is 12.1. The molecule has 0 saturated carbocycles. The van der Waals surface area contributed by atoms with Crippen molar-refractivity contribution in [1.29, 1.82) is 0 Å². The lowest BCUT2D eigenvalue weighted by molar-refractivity contribution is -0.151. The van der Waals surface area contributed by atoms with Gasteiger partial charge in [-0.25, -0.2) is 4.79 Å². The summed E-state index contributed by atoms with van der Waals surface area (Å²) in [5.74, 6) is 0.263. The fourth-order valence-electron chi connectivity index (χ4n) is 4.38. The minimum absolute atomic E-state index is 0.0461. The summed E-state index contributed by atoms with van der Waals surface area (Å²) >= 11 is 6.16. The van der Waals surface area contributed by atoms with Crippen LogP contribution in [0.15, 0.2) is 42.5 Å². The fourth-order valence-corrected chi connectivity index (χ4v) is 4.57. The number of hydrogen-bond donors (Lipinski definition) is 2. The van der Waals surface area contributed by atoms with Gasteiger partial charge < -0.3 is 20.3 Å². The van der Waals surface area contributed by atoms with E-state index in [1.807, 2.05) is 31.2 Å². The molecule has 3 rings (SSSR count). The summed E-state index contributed by atoms with van der Waals surface area (Å²) < 4.78 is 11.2. The maximum atomic E-state index is 12.2. The van der Waals surface area contributed by atoms with Crippen LogP contribution in [0.3, 0.4) is 0 Å². The molecule has 0 saturated heterocycles. The molecule has 1 aliphatic rings. The summed E-state index contributed by atoms with van der Waals surface area (Å²) in [6, 6.07) is 13.2. The van der Waals surface area contributed by atoms with Crippen molar-refractivity contribution in [3.63, 3.8) is 0 Å². The smallest absolute Gasteiger partial charge is 0.347 e. The molecule has 2 aromatic rings. The molecule has 6 heteroatoms. The molecule has 5 nitrogen and oxygen atoms in total. The van der Waals surface area contributed by atoms with E-state index < -0.39 is 11.7 Å². The Morgan fingerprint density at radius 3 is 2.74 bits per heavy atom. The highest BCUT2D eigenvalue weighted by Gasteiger charge is 2.39. The summed E-state index contributed by atoms with van der Waals surface area (Å²) in [5.41, 5.74) is 7.99. The van der Waals surface area contributed by atoms with Crippen LogP contribution < -0.4 is 10.5 Å². The second-order valence-corrected chi connectivity index (χ2v) is 8.59. The van der Waals surface area contributed by atoms with E-state index in [0.29, 0.717) is 30.2 Å². The van der Waals surface area contributed by atoms with Gasteiger partial charge in [-0.2, -0.15) is 0 Å². The standard InChI is InChI=1S/C25H32ClNO4/c1-3-6-23(24(28)30-4-2)31-22-12-10-17-9-11-20(13-18(17)14-22)25(29,16-27)19-7-5-8-21(26)15-19/h5,7-8,10,12,14-15,20,23,29H,3-4,6,9,11,13,16,27H2,1-2H3. The lowest BCUT2D eigenvalue weighted by Gasteiger charge is -2.39. The van der Waals surface area contributed by atoms with E-state index in [2.05, 4.69) is 6.07 Å². The number of ether oxygens (including phenoxy) is 2. The lowest BCUT2D eigenvalue weighted by atomic mass is 9.71. The summed E-state index contributed by atoms with van der Waals surface area (Å²) in [6.07, 6.45) is 3.15. The van der Waals surface area contributed by atoms with Gasteiger partial charge in [-0.15, -0.1) is 0 Å². The van der Waals surface area contributed by atoms with Crippen LogP contribution in [0.25, 0.3) is 0 Å². The third-order valence-electron chi connectivity index (χ3n) is 6.10. The molecule has 0 radical (unpaired) electrons. The quantitative estimate of drug-likeness (QED) is 0.559. The first-order valence-corrected chi connectivity index (χ1v) is 11.4. The van der Waals surface area contributed by atoms with E-state index in [4.69, 9.17) is 26.8 Å². The average Bonchev–Trinajstić information content (AvgIpc) is 2.78. The van der Waals surface area contributed by atoms with Gasteiger partial charge >= 0.3 is 5.97 Å². The van der Waals surface area contributed by atoms with Gasteiger partial charge in [-0.3, -0.25) is 0 Å². The zero-order valence-corrected chi connectivity index (χ0v) is 19.0. The van der Waals surface area contributed by atoms with Gasteiger partial charge in [0.2, 0.25) is 0 Å². The predicted molar refractivity (Wildman–Crippen MR) is 122 cm³/mol. The summed E-state index contributed by atoms with van der Waals surface area (Å²) in [4.78, 5) is 12.2. The molecule has 0 aromatic heterocycles. The third kappa shape index (κ3) is 5.40. The number of carbonyl (C=O) groups excluding carboxylic acids is 1. The van der Waals surface area contributed by atoms with Gasteiger partial charge in [0.1, 0.15) is 11.4 Å². The Morgan fingerprint density at radius 1 is 1.26 bits per heavy atom. The Hall–Kier alpha value is -2.08. The van der Waals surface area contributed by atoms with Crippen molar-refractivity contribution >= 4 is 17.6 Å². The molecule has 0 aliphatic heterocycles. The molecule has 0 fully saturated rings. The largest absolute Gasteiger partial charge is 0.479 e. The van der Waals surface area contributed by atoms with E-state index in [0.717, 1.165) is 30.4 Å². The fraction of sp³-hybridized carbons (Fsp3) is 0.480. The minimum Gasteiger partial charge on any atom is -0.479 e. The van der Waals surface area contributed by atoms with Crippen molar-refractivity contribution in [2.45, 2.75) is 57.7 Å². The maximum absolute atomic E-state index is 12.2. The number of halogens is 1. The first-order chi connectivity index (χ1) is 14.9. The molecule has 3 N–H and O–H groups in total. The predicted octanol–water partition coefficient (Wildman–Crippen LogP) is 4.40. The zero-order valence-electron chi connectivity index (χ0n) is 18.3. The molecule has 3 unspecified atom stereocenters. The van der Waals surface area contributed by atoms with Crippen LogP contribution in [0.5, 0.6) is 5.75 Å². The zero-order chi connectivity index (χ0) is 22.4. The highest BCUT2D eigenvalue weighted by Crippen LogP contribution is 2.40. The topological polar surface area (TPSA) is 81.8 Å². The second-order valence-electron chi connectivity index (χ2n) is 8.16. The first kappa shape index (κ1) is 23.6. The minimum atomic E-state index is -1.16. The second kappa shape index (κ2) is 10.5. The number of aryl methyl sites for hydroxylation is 1. The lowest BCUT2D eigenvalue weighted by Crippen LogP contribution is -2.44. The number of carbonyl (C=O) groups is 1. The van der Waals surface area contributed by atoms with Crippen LogP contribution in [0, 0.1) is 5.92 Å². The number of aliphatic hydroxyl groups is 1. The number of fused-ring (bicyclic) bond motifs is 1. The van der Waals surface area contributed by atoms with Gasteiger partial charge in [-0.1, -0.05) is 43.1 Å². The molecule has 168 valence electrons. The molecule has 0 bridgehead atoms. The van der Waals surface area contributed by atoms with Crippen LogP contribution in [0.4, 0.5) is 0 Å². The number of benzene rings is 2. The Bertz CT molecular complexity index is 903. The Morgan fingerprint density at radius 2 is 2.06 bits per heavy atom. The number of nitrogens with two attached hydrogens (primary N) is 1. The van der Waals surface area contributed by atoms with E-state index in [-0.39, 0.29) is 18.4 Å². The Labute approximate surface area is 189 Å². The monoisotopic (exact) mass is 445 g/mol. The third-order valence-corrected chi connectivity index (χ3v) is 6.33. The summed E-state index contributed by atoms with van der Waals surface area (Å²) in [6.45, 7) is 4.25. The normalized spacial score (nSPS) is 18.5. The molecule has 0 amide bonds. The van der Waals surface area contributed by atoms with E-state index in [1.54, 1.807) is 19.1 Å². The van der Waals surface area contributed by atoms with Gasteiger partial charge in [0.15, 0.2) is 6.10 Å². The van der Waals surface area contributed by atoms with Crippen LogP contribution in [-0.2, 0) is 28.0 Å². The van der Waals surface area contributed by atoms with Crippen molar-refractivity contribution in [3.05, 3.63) is 64.2 Å².